The molecule has 4 aromatic rings. The quantitative estimate of drug-likeness (QED) is 0.237. The van der Waals surface area contributed by atoms with Gasteiger partial charge in [-0.1, -0.05) is 68.8 Å². The van der Waals surface area contributed by atoms with Crippen LogP contribution in [-0.2, 0) is 19.4 Å². The van der Waals surface area contributed by atoms with Gasteiger partial charge in [-0.15, -0.1) is 0 Å². The molecule has 0 aliphatic carbocycles. The van der Waals surface area contributed by atoms with E-state index in [9.17, 15) is 14.0 Å². The largest absolute Gasteiger partial charge is 0.439 e. The van der Waals surface area contributed by atoms with Crippen LogP contribution in [-0.4, -0.2) is 42.7 Å². The highest BCUT2D eigenvalue weighted by atomic mass is 32.1. The number of likely N-dealkylation sites (tertiary alicyclic amines) is 1. The van der Waals surface area contributed by atoms with Crippen LogP contribution in [0.5, 0.6) is 0 Å². The van der Waals surface area contributed by atoms with Crippen molar-refractivity contribution in [2.75, 3.05) is 13.1 Å². The maximum absolute atomic E-state index is 14.3. The average Bonchev–Trinajstić information content (AvgIpc) is 3.41. The van der Waals surface area contributed by atoms with Crippen molar-refractivity contribution in [2.45, 2.75) is 66.3 Å². The van der Waals surface area contributed by atoms with Crippen molar-refractivity contribution in [2.24, 2.45) is 11.8 Å². The summed E-state index contributed by atoms with van der Waals surface area (Å²) in [4.78, 5) is 36.0. The van der Waals surface area contributed by atoms with Crippen molar-refractivity contribution < 1.29 is 8.91 Å². The molecule has 1 N–H and O–H groups in total. The molecule has 1 aliphatic heterocycles. The number of aryl methyl sites for hydroxylation is 2. The van der Waals surface area contributed by atoms with Crippen molar-refractivity contribution in [3.8, 4) is 22.5 Å². The highest BCUT2D eigenvalue weighted by Gasteiger charge is 2.25. The maximum Gasteiger partial charge on any atom is 0.439 e. The Hall–Kier alpha value is -3.92. The summed E-state index contributed by atoms with van der Waals surface area (Å²) in [6.07, 6.45) is 4.23. The van der Waals surface area contributed by atoms with Crippen LogP contribution < -0.4 is 11.3 Å². The lowest BCUT2D eigenvalue weighted by molar-refractivity contribution is 0.214. The smallest absolute Gasteiger partial charge is 0.365 e. The van der Waals surface area contributed by atoms with Gasteiger partial charge in [-0.25, -0.2) is 14.2 Å². The zero-order chi connectivity index (χ0) is 30.7. The van der Waals surface area contributed by atoms with E-state index in [2.05, 4.69) is 40.3 Å². The number of aromatic nitrogens is 4. The molecule has 2 unspecified atom stereocenters. The molecule has 0 radical (unpaired) electrons. The van der Waals surface area contributed by atoms with Crippen molar-refractivity contribution in [1.82, 2.24) is 24.6 Å². The van der Waals surface area contributed by atoms with Gasteiger partial charge in [0.1, 0.15) is 11.6 Å². The fourth-order valence-electron chi connectivity index (χ4n) is 6.06. The van der Waals surface area contributed by atoms with Crippen LogP contribution in [0.2, 0.25) is 0 Å². The molecule has 2 atom stereocenters. The topological polar surface area (TPSA) is 97.0 Å². The molecule has 0 spiro atoms. The van der Waals surface area contributed by atoms with E-state index in [4.69, 9.17) is 17.2 Å². The molecule has 5 rings (SSSR count). The predicted molar refractivity (Wildman–Crippen MR) is 170 cm³/mol. The Morgan fingerprint density at radius 1 is 1.09 bits per heavy atom. The van der Waals surface area contributed by atoms with Crippen LogP contribution in [0.25, 0.3) is 22.5 Å². The molecule has 2 aromatic heterocycles. The molecule has 0 bridgehead atoms. The van der Waals surface area contributed by atoms with Gasteiger partial charge in [0.15, 0.2) is 5.82 Å². The average molecular weight is 604 g/mol. The first kappa shape index (κ1) is 30.5. The van der Waals surface area contributed by atoms with Gasteiger partial charge in [0.05, 0.1) is 11.5 Å². The normalized spacial score (nSPS) is 16.9. The van der Waals surface area contributed by atoms with Gasteiger partial charge < -0.3 is 4.90 Å². The molecule has 0 saturated carbocycles. The van der Waals surface area contributed by atoms with E-state index >= 15 is 0 Å². The Balaban J connectivity index is 1.45. The Labute approximate surface area is 256 Å². The summed E-state index contributed by atoms with van der Waals surface area (Å²) < 4.78 is 20.7. The van der Waals surface area contributed by atoms with Crippen molar-refractivity contribution in [3.63, 3.8) is 0 Å². The van der Waals surface area contributed by atoms with Crippen molar-refractivity contribution >= 4 is 17.2 Å². The van der Waals surface area contributed by atoms with E-state index in [1.807, 2.05) is 31.2 Å². The van der Waals surface area contributed by atoms with Gasteiger partial charge in [0.25, 0.3) is 5.56 Å². The Morgan fingerprint density at radius 2 is 1.81 bits per heavy atom. The molecule has 226 valence electrons. The van der Waals surface area contributed by atoms with Crippen molar-refractivity contribution in [3.05, 3.63) is 91.8 Å². The minimum Gasteiger partial charge on any atom is -0.365 e. The molecule has 1 fully saturated rings. The number of piperidine rings is 1. The molecule has 0 amide bonds. The molecule has 1 saturated heterocycles. The van der Waals surface area contributed by atoms with E-state index in [0.717, 1.165) is 53.6 Å². The Morgan fingerprint density at radius 3 is 2.47 bits per heavy atom. The highest BCUT2D eigenvalue weighted by molar-refractivity contribution is 7.80. The summed E-state index contributed by atoms with van der Waals surface area (Å²) in [5, 5.41) is 3.77. The van der Waals surface area contributed by atoms with Crippen LogP contribution >= 0.6 is 12.2 Å². The van der Waals surface area contributed by atoms with Crippen LogP contribution in [0.1, 0.15) is 62.7 Å². The minimum absolute atomic E-state index is 0.0504. The molecule has 3 heterocycles. The minimum atomic E-state index is -0.683. The molecule has 1 aliphatic rings. The number of benzene rings is 2. The summed E-state index contributed by atoms with van der Waals surface area (Å²) in [6, 6.07) is 11.9. The second-order valence-electron chi connectivity index (χ2n) is 11.8. The molecule has 2 aromatic carbocycles. The second kappa shape index (κ2) is 13.2. The van der Waals surface area contributed by atoms with Gasteiger partial charge in [0.2, 0.25) is 0 Å². The molecular weight excluding hydrogens is 565 g/mol. The monoisotopic (exact) mass is 603 g/mol. The third-order valence-corrected chi connectivity index (χ3v) is 8.54. The highest BCUT2D eigenvalue weighted by Crippen LogP contribution is 2.31. The fourth-order valence-corrected chi connectivity index (χ4v) is 6.35. The first-order chi connectivity index (χ1) is 20.6. The van der Waals surface area contributed by atoms with E-state index in [1.54, 1.807) is 10.6 Å². The van der Waals surface area contributed by atoms with Gasteiger partial charge >= 0.3 is 5.76 Å². The van der Waals surface area contributed by atoms with Crippen molar-refractivity contribution in [1.29, 1.82) is 0 Å². The second-order valence-corrected chi connectivity index (χ2v) is 12.3. The number of nitrogens with one attached hydrogen (secondary N) is 1. The number of halogens is 1. The third kappa shape index (κ3) is 7.01. The fraction of sp³-hybridized carbons (Fsp3) is 0.424. The number of thiocarbonyl (C=S) groups is 1. The number of H-pyrrole nitrogens is 1. The van der Waals surface area contributed by atoms with Gasteiger partial charge in [-0.3, -0.25) is 18.9 Å². The van der Waals surface area contributed by atoms with Gasteiger partial charge in [-0.2, -0.15) is 0 Å². The number of unbranched alkanes of at least 4 members (excludes halogenated alkanes) is 1. The molecular formula is C33H38FN5O3S. The van der Waals surface area contributed by atoms with E-state index in [0.29, 0.717) is 47.9 Å². The zero-order valence-corrected chi connectivity index (χ0v) is 26.0. The van der Waals surface area contributed by atoms with Crippen LogP contribution in [0, 0.1) is 24.6 Å². The lowest BCUT2D eigenvalue weighted by Gasteiger charge is -2.36. The van der Waals surface area contributed by atoms with E-state index < -0.39 is 11.6 Å². The lowest BCUT2D eigenvalue weighted by atomic mass is 9.91. The summed E-state index contributed by atoms with van der Waals surface area (Å²) in [7, 11) is 0. The molecule has 8 nitrogen and oxygen atoms in total. The summed E-state index contributed by atoms with van der Waals surface area (Å²) in [5.74, 6) is 1.03. The van der Waals surface area contributed by atoms with E-state index in [1.165, 1.54) is 18.6 Å². The zero-order valence-electron chi connectivity index (χ0n) is 25.2. The lowest BCUT2D eigenvalue weighted by Crippen LogP contribution is -2.43. The Kier molecular flexibility index (Phi) is 9.34. The first-order valence-corrected chi connectivity index (χ1v) is 15.4. The van der Waals surface area contributed by atoms with Crippen LogP contribution in [0.3, 0.4) is 0 Å². The number of rotatable bonds is 9. The third-order valence-electron chi connectivity index (χ3n) is 8.13. The predicted octanol–water partition coefficient (Wildman–Crippen LogP) is 5.94. The number of hydrogen-bond donors (Lipinski definition) is 1. The number of nitrogens with zero attached hydrogens (tertiary/aromatic N) is 4. The standard InChI is InChI=1S/C33H38FN5O3S/c1-5-6-7-29-35-22(4)27(16-30(43)38-17-20(2)14-21(3)18-38)32(40)39(29)19-23-8-10-24(11-9-23)28-15-25(34)12-13-26(28)31-36-33(41)42-37-31/h8-13,15,20-21H,5-7,14,16-19H2,1-4H3,(H,36,37,41). The number of hydrogen-bond acceptors (Lipinski definition) is 6. The van der Waals surface area contributed by atoms with Crippen LogP contribution in [0.4, 0.5) is 4.39 Å². The SMILES string of the molecule is CCCCc1nc(C)c(CC(=S)N2CC(C)CC(C)C2)c(=O)n1Cc1ccc(-c2cc(F)ccc2-c2noc(=O)[nH]2)cc1. The molecule has 43 heavy (non-hydrogen) atoms. The Bertz CT molecular complexity index is 1720. The summed E-state index contributed by atoms with van der Waals surface area (Å²) in [6.45, 7) is 10.7. The van der Waals surface area contributed by atoms with Gasteiger partial charge in [0, 0.05) is 42.8 Å². The summed E-state index contributed by atoms with van der Waals surface area (Å²) >= 11 is 5.87. The molecule has 10 heteroatoms. The van der Waals surface area contributed by atoms with E-state index in [-0.39, 0.29) is 11.4 Å². The maximum atomic E-state index is 14.3. The van der Waals surface area contributed by atoms with Gasteiger partial charge in [-0.05, 0) is 66.5 Å². The summed E-state index contributed by atoms with van der Waals surface area (Å²) in [5.41, 5.74) is 4.09. The number of aromatic amines is 1. The first-order valence-electron chi connectivity index (χ1n) is 14.9. The van der Waals surface area contributed by atoms with Crippen LogP contribution in [0.15, 0.2) is 56.6 Å².